The Kier molecular flexibility index (Phi) is 4.21. The molecule has 2 aromatic heterocycles. The molecule has 0 aliphatic carbocycles. The summed E-state index contributed by atoms with van der Waals surface area (Å²) >= 11 is 0. The number of nitrogens with one attached hydrogen (secondary N) is 2. The van der Waals surface area contributed by atoms with Crippen LogP contribution in [0.15, 0.2) is 12.3 Å². The van der Waals surface area contributed by atoms with E-state index in [2.05, 4.69) is 20.7 Å². The van der Waals surface area contributed by atoms with E-state index in [4.69, 9.17) is 0 Å². The van der Waals surface area contributed by atoms with Crippen LogP contribution in [0, 0.1) is 19.7 Å². The number of rotatable bonds is 4. The molecule has 0 aliphatic rings. The van der Waals surface area contributed by atoms with E-state index in [0.29, 0.717) is 6.54 Å². The van der Waals surface area contributed by atoms with Crippen molar-refractivity contribution >= 4 is 11.7 Å². The van der Waals surface area contributed by atoms with Crippen molar-refractivity contribution in [3.8, 4) is 0 Å². The highest BCUT2D eigenvalue weighted by Gasteiger charge is 2.16. The lowest BCUT2D eigenvalue weighted by atomic mass is 10.2. The summed E-state index contributed by atoms with van der Waals surface area (Å²) in [5, 5.41) is 9.60. The summed E-state index contributed by atoms with van der Waals surface area (Å²) < 4.78 is 15.8. The average Bonchev–Trinajstić information content (AvgIpc) is 2.70. The number of nitrogens with zero attached hydrogens (tertiary/aromatic N) is 3. The molecule has 0 unspecified atom stereocenters. The Bertz CT molecular complexity index is 680. The summed E-state index contributed by atoms with van der Waals surface area (Å²) in [6.07, 6.45) is 1.39. The summed E-state index contributed by atoms with van der Waals surface area (Å²) in [5.41, 5.74) is 2.73. The van der Waals surface area contributed by atoms with Gasteiger partial charge in [0.05, 0.1) is 11.3 Å². The van der Waals surface area contributed by atoms with Gasteiger partial charge in [-0.25, -0.2) is 9.37 Å². The third kappa shape index (κ3) is 2.86. The smallest absolute Gasteiger partial charge is 0.254 e. The Morgan fingerprint density at radius 1 is 1.43 bits per heavy atom. The zero-order chi connectivity index (χ0) is 15.6. The molecule has 0 saturated carbocycles. The van der Waals surface area contributed by atoms with Crippen molar-refractivity contribution in [1.82, 2.24) is 20.1 Å². The first-order valence-electron chi connectivity index (χ1n) is 6.55. The molecule has 21 heavy (non-hydrogen) atoms. The number of halogens is 1. The zero-order valence-electron chi connectivity index (χ0n) is 12.5. The molecule has 1 amide bonds. The van der Waals surface area contributed by atoms with E-state index in [1.54, 1.807) is 11.7 Å². The highest BCUT2D eigenvalue weighted by Crippen LogP contribution is 2.15. The molecule has 7 heteroatoms. The van der Waals surface area contributed by atoms with Crippen molar-refractivity contribution in [2.75, 3.05) is 12.4 Å². The van der Waals surface area contributed by atoms with Gasteiger partial charge in [0.25, 0.3) is 5.91 Å². The third-order valence-electron chi connectivity index (χ3n) is 3.46. The molecule has 2 heterocycles. The van der Waals surface area contributed by atoms with Gasteiger partial charge < -0.3 is 10.6 Å². The minimum absolute atomic E-state index is 0.0338. The number of hydrogen-bond acceptors (Lipinski definition) is 4. The van der Waals surface area contributed by atoms with Gasteiger partial charge in [-0.2, -0.15) is 5.10 Å². The first-order chi connectivity index (χ1) is 9.95. The van der Waals surface area contributed by atoms with Gasteiger partial charge in [-0.3, -0.25) is 9.48 Å². The van der Waals surface area contributed by atoms with Crippen LogP contribution in [0.25, 0.3) is 0 Å². The van der Waals surface area contributed by atoms with Crippen LogP contribution in [0.1, 0.15) is 27.3 Å². The first kappa shape index (κ1) is 15.0. The van der Waals surface area contributed by atoms with Gasteiger partial charge in [-0.1, -0.05) is 0 Å². The maximum atomic E-state index is 14.0. The second kappa shape index (κ2) is 5.90. The molecule has 0 radical (unpaired) electrons. The van der Waals surface area contributed by atoms with E-state index >= 15 is 0 Å². The zero-order valence-corrected chi connectivity index (χ0v) is 12.5. The van der Waals surface area contributed by atoms with Gasteiger partial charge in [-0.05, 0) is 19.9 Å². The molecule has 2 aromatic rings. The summed E-state index contributed by atoms with van der Waals surface area (Å²) in [5.74, 6) is -1.08. The maximum absolute atomic E-state index is 14.0. The molecular formula is C14H18FN5O. The summed E-state index contributed by atoms with van der Waals surface area (Å²) in [4.78, 5) is 15.9. The number of aromatic nitrogens is 3. The summed E-state index contributed by atoms with van der Waals surface area (Å²) in [7, 11) is 3.39. The lowest BCUT2D eigenvalue weighted by molar-refractivity contribution is 0.0946. The van der Waals surface area contributed by atoms with Crippen LogP contribution in [0.5, 0.6) is 0 Å². The Labute approximate surface area is 122 Å². The minimum atomic E-state index is -0.655. The lowest BCUT2D eigenvalue weighted by Gasteiger charge is -2.08. The Morgan fingerprint density at radius 3 is 2.71 bits per heavy atom. The fourth-order valence-electron chi connectivity index (χ4n) is 2.13. The molecule has 6 nitrogen and oxygen atoms in total. The summed E-state index contributed by atoms with van der Waals surface area (Å²) in [6.45, 7) is 4.11. The van der Waals surface area contributed by atoms with Crippen LogP contribution in [0.2, 0.25) is 0 Å². The normalized spacial score (nSPS) is 10.5. The van der Waals surface area contributed by atoms with E-state index in [1.165, 1.54) is 12.3 Å². The summed E-state index contributed by atoms with van der Waals surface area (Å²) in [6, 6.07) is 1.36. The van der Waals surface area contributed by atoms with Crippen LogP contribution in [0.4, 0.5) is 10.2 Å². The highest BCUT2D eigenvalue weighted by atomic mass is 19.1. The minimum Gasteiger partial charge on any atom is -0.371 e. The van der Waals surface area contributed by atoms with Crippen LogP contribution in [-0.2, 0) is 13.6 Å². The van der Waals surface area contributed by atoms with Crippen molar-refractivity contribution in [3.05, 3.63) is 40.6 Å². The molecule has 0 fully saturated rings. The second-order valence-electron chi connectivity index (χ2n) is 4.73. The topological polar surface area (TPSA) is 71.8 Å². The van der Waals surface area contributed by atoms with Gasteiger partial charge in [0, 0.05) is 38.1 Å². The molecular weight excluding hydrogens is 273 g/mol. The third-order valence-corrected chi connectivity index (χ3v) is 3.46. The largest absolute Gasteiger partial charge is 0.371 e. The van der Waals surface area contributed by atoms with E-state index in [1.807, 2.05) is 20.9 Å². The number of pyridine rings is 1. The molecule has 0 bridgehead atoms. The number of carbonyl (C=O) groups is 1. The van der Waals surface area contributed by atoms with Crippen molar-refractivity contribution in [3.63, 3.8) is 0 Å². The molecule has 2 rings (SSSR count). The molecule has 0 atom stereocenters. The number of aryl methyl sites for hydroxylation is 2. The van der Waals surface area contributed by atoms with E-state index < -0.39 is 11.7 Å². The number of carbonyl (C=O) groups excluding carboxylic acids is 1. The van der Waals surface area contributed by atoms with E-state index in [-0.39, 0.29) is 11.4 Å². The molecule has 0 aliphatic heterocycles. The maximum Gasteiger partial charge on any atom is 0.254 e. The van der Waals surface area contributed by atoms with Gasteiger partial charge in [0.2, 0.25) is 0 Å². The van der Waals surface area contributed by atoms with Crippen LogP contribution >= 0.6 is 0 Å². The lowest BCUT2D eigenvalue weighted by Crippen LogP contribution is -2.25. The molecule has 0 saturated heterocycles. The van der Waals surface area contributed by atoms with E-state index in [9.17, 15) is 9.18 Å². The molecule has 112 valence electrons. The van der Waals surface area contributed by atoms with Crippen LogP contribution in [-0.4, -0.2) is 27.7 Å². The van der Waals surface area contributed by atoms with Crippen LogP contribution < -0.4 is 10.6 Å². The molecule has 0 aromatic carbocycles. The van der Waals surface area contributed by atoms with Gasteiger partial charge in [-0.15, -0.1) is 0 Å². The number of anilines is 1. The Morgan fingerprint density at radius 2 is 2.14 bits per heavy atom. The SMILES string of the molecule is CNc1nccc(C(=O)NCc2c(C)nn(C)c2C)c1F. The van der Waals surface area contributed by atoms with Crippen molar-refractivity contribution in [1.29, 1.82) is 0 Å². The first-order valence-corrected chi connectivity index (χ1v) is 6.55. The average molecular weight is 291 g/mol. The standard InChI is InChI=1S/C14H18FN5O/c1-8-11(9(2)20(4)19-8)7-18-14(21)10-5-6-17-13(16-3)12(10)15/h5-6H,7H2,1-4H3,(H,16,17)(H,18,21). The Balaban J connectivity index is 2.16. The van der Waals surface area contributed by atoms with Crippen molar-refractivity contribution < 1.29 is 9.18 Å². The predicted molar refractivity (Wildman–Crippen MR) is 77.6 cm³/mol. The monoisotopic (exact) mass is 291 g/mol. The predicted octanol–water partition coefficient (Wildman–Crippen LogP) is 1.54. The molecule has 0 spiro atoms. The fraction of sp³-hybridized carbons (Fsp3) is 0.357. The second-order valence-corrected chi connectivity index (χ2v) is 4.73. The van der Waals surface area contributed by atoms with Gasteiger partial charge >= 0.3 is 0 Å². The van der Waals surface area contributed by atoms with Crippen molar-refractivity contribution in [2.24, 2.45) is 7.05 Å². The van der Waals surface area contributed by atoms with E-state index in [0.717, 1.165) is 17.0 Å². The van der Waals surface area contributed by atoms with Gasteiger partial charge in [0.15, 0.2) is 11.6 Å². The van der Waals surface area contributed by atoms with Gasteiger partial charge in [0.1, 0.15) is 0 Å². The van der Waals surface area contributed by atoms with Crippen LogP contribution in [0.3, 0.4) is 0 Å². The fourth-order valence-corrected chi connectivity index (χ4v) is 2.13. The Hall–Kier alpha value is -2.44. The molecule has 2 N–H and O–H groups in total. The number of amides is 1. The quantitative estimate of drug-likeness (QED) is 0.896. The number of hydrogen-bond donors (Lipinski definition) is 2. The van der Waals surface area contributed by atoms with Crippen molar-refractivity contribution in [2.45, 2.75) is 20.4 Å². The highest BCUT2D eigenvalue weighted by molar-refractivity contribution is 5.95.